The summed E-state index contributed by atoms with van der Waals surface area (Å²) in [5.41, 5.74) is 0.433. The average Bonchev–Trinajstić information content (AvgIpc) is 2.40. The molecule has 1 aliphatic rings. The zero-order valence-electron chi connectivity index (χ0n) is 10.5. The Labute approximate surface area is 128 Å². The molecule has 1 aromatic carbocycles. The van der Waals surface area contributed by atoms with Crippen LogP contribution >= 0.6 is 28.6 Å². The molecule has 1 saturated heterocycles. The van der Waals surface area contributed by atoms with Crippen LogP contribution in [0.25, 0.3) is 0 Å². The van der Waals surface area contributed by atoms with Crippen LogP contribution in [0.3, 0.4) is 0 Å². The average molecular weight is 368 g/mol. The third-order valence-corrected chi connectivity index (χ3v) is 4.40. The zero-order chi connectivity index (χ0) is 14.9. The van der Waals surface area contributed by atoms with Crippen LogP contribution in [0, 0.1) is 5.92 Å². The number of hydrogen-bond acceptors (Lipinski definition) is 2. The normalized spacial score (nSPS) is 17.4. The summed E-state index contributed by atoms with van der Waals surface area (Å²) in [4.78, 5) is 14.4. The van der Waals surface area contributed by atoms with Crippen molar-refractivity contribution in [2.75, 3.05) is 13.1 Å². The Balaban J connectivity index is 2.07. The molecular formula is C13H13BrF3NOS. The number of amides is 1. The molecule has 0 bridgehead atoms. The highest BCUT2D eigenvalue weighted by atomic mass is 79.9. The molecule has 1 amide bonds. The molecule has 2 rings (SSSR count). The van der Waals surface area contributed by atoms with E-state index in [4.69, 9.17) is 0 Å². The van der Waals surface area contributed by atoms with E-state index in [0.29, 0.717) is 14.9 Å². The van der Waals surface area contributed by atoms with E-state index >= 15 is 0 Å². The molecule has 20 heavy (non-hydrogen) atoms. The summed E-state index contributed by atoms with van der Waals surface area (Å²) in [6.45, 7) is 0.262. The first kappa shape index (κ1) is 15.7. The molecule has 1 heterocycles. The van der Waals surface area contributed by atoms with Crippen molar-refractivity contribution in [3.05, 3.63) is 28.2 Å². The SMILES string of the molecule is O=C(c1cc(S)ccc1Br)N1CCC(C(F)(F)F)CC1. The third-order valence-electron chi connectivity index (χ3n) is 3.43. The number of piperidine rings is 1. The Morgan fingerprint density at radius 1 is 1.30 bits per heavy atom. The molecule has 0 atom stereocenters. The lowest BCUT2D eigenvalue weighted by molar-refractivity contribution is -0.183. The largest absolute Gasteiger partial charge is 0.391 e. The monoisotopic (exact) mass is 367 g/mol. The van der Waals surface area contributed by atoms with Crippen LogP contribution in [0.2, 0.25) is 0 Å². The molecule has 1 aliphatic heterocycles. The summed E-state index contributed by atoms with van der Waals surface area (Å²) < 4.78 is 38.4. The first-order valence-corrected chi connectivity index (χ1v) is 7.37. The van der Waals surface area contributed by atoms with Crippen LogP contribution in [0.1, 0.15) is 23.2 Å². The first-order valence-electron chi connectivity index (χ1n) is 6.13. The predicted molar refractivity (Wildman–Crippen MR) is 76.1 cm³/mol. The van der Waals surface area contributed by atoms with E-state index in [9.17, 15) is 18.0 Å². The molecule has 1 fully saturated rings. The lowest BCUT2D eigenvalue weighted by Gasteiger charge is -2.33. The maximum Gasteiger partial charge on any atom is 0.391 e. The molecule has 0 spiro atoms. The number of halogens is 4. The van der Waals surface area contributed by atoms with Gasteiger partial charge < -0.3 is 4.90 Å². The number of nitrogens with zero attached hydrogens (tertiary/aromatic N) is 1. The van der Waals surface area contributed by atoms with E-state index in [1.54, 1.807) is 18.2 Å². The molecule has 2 nitrogen and oxygen atoms in total. The number of rotatable bonds is 1. The fraction of sp³-hybridized carbons (Fsp3) is 0.462. The van der Waals surface area contributed by atoms with Gasteiger partial charge in [-0.1, -0.05) is 0 Å². The summed E-state index contributed by atoms with van der Waals surface area (Å²) >= 11 is 7.45. The van der Waals surface area contributed by atoms with Crippen molar-refractivity contribution in [2.24, 2.45) is 5.92 Å². The molecule has 0 aliphatic carbocycles. The minimum atomic E-state index is -4.17. The highest BCUT2D eigenvalue weighted by Gasteiger charge is 2.41. The second-order valence-electron chi connectivity index (χ2n) is 4.77. The summed E-state index contributed by atoms with van der Waals surface area (Å²) in [5.74, 6) is -1.56. The van der Waals surface area contributed by atoms with Gasteiger partial charge in [-0.25, -0.2) is 0 Å². The van der Waals surface area contributed by atoms with Crippen LogP contribution in [-0.2, 0) is 0 Å². The number of alkyl halides is 3. The second-order valence-corrected chi connectivity index (χ2v) is 6.14. The lowest BCUT2D eigenvalue weighted by atomic mass is 9.96. The molecule has 7 heteroatoms. The summed E-state index contributed by atoms with van der Waals surface area (Å²) in [6.07, 6.45) is -4.23. The standard InChI is InChI=1S/C13H13BrF3NOS/c14-11-2-1-9(20)7-10(11)12(19)18-5-3-8(4-6-18)13(15,16)17/h1-2,7-8,20H,3-6H2. The van der Waals surface area contributed by atoms with Gasteiger partial charge in [0.1, 0.15) is 0 Å². The van der Waals surface area contributed by atoms with Gasteiger partial charge in [0.05, 0.1) is 11.5 Å². The van der Waals surface area contributed by atoms with Gasteiger partial charge in [0.25, 0.3) is 5.91 Å². The van der Waals surface area contributed by atoms with Crippen LogP contribution < -0.4 is 0 Å². The maximum absolute atomic E-state index is 12.6. The van der Waals surface area contributed by atoms with Gasteiger partial charge in [-0.05, 0) is 47.0 Å². The third kappa shape index (κ3) is 3.49. The van der Waals surface area contributed by atoms with E-state index in [-0.39, 0.29) is 31.8 Å². The van der Waals surface area contributed by atoms with Gasteiger partial charge in [0.15, 0.2) is 0 Å². The number of hydrogen-bond donors (Lipinski definition) is 1. The Morgan fingerprint density at radius 2 is 1.90 bits per heavy atom. The highest BCUT2D eigenvalue weighted by Crippen LogP contribution is 2.34. The number of likely N-dealkylation sites (tertiary alicyclic amines) is 1. The van der Waals surface area contributed by atoms with Crippen molar-refractivity contribution < 1.29 is 18.0 Å². The summed E-state index contributed by atoms with van der Waals surface area (Å²) in [6, 6.07) is 5.06. The van der Waals surface area contributed by atoms with Gasteiger partial charge in [-0.3, -0.25) is 4.79 Å². The van der Waals surface area contributed by atoms with Crippen LogP contribution in [0.4, 0.5) is 13.2 Å². The molecule has 110 valence electrons. The molecule has 0 unspecified atom stereocenters. The van der Waals surface area contributed by atoms with Gasteiger partial charge in [0, 0.05) is 22.5 Å². The number of carbonyl (C=O) groups is 1. The van der Waals surface area contributed by atoms with Crippen molar-refractivity contribution in [3.63, 3.8) is 0 Å². The Kier molecular flexibility index (Phi) is 4.69. The smallest absolute Gasteiger partial charge is 0.339 e. The van der Waals surface area contributed by atoms with Crippen molar-refractivity contribution in [2.45, 2.75) is 23.9 Å². The zero-order valence-corrected chi connectivity index (χ0v) is 12.9. The van der Waals surface area contributed by atoms with Crippen molar-refractivity contribution in [1.29, 1.82) is 0 Å². The van der Waals surface area contributed by atoms with Gasteiger partial charge in [-0.15, -0.1) is 12.6 Å². The number of thiol groups is 1. The molecule has 0 N–H and O–H groups in total. The summed E-state index contributed by atoms with van der Waals surface area (Å²) in [7, 11) is 0. The van der Waals surface area contributed by atoms with Crippen molar-refractivity contribution in [3.8, 4) is 0 Å². The van der Waals surface area contributed by atoms with Gasteiger partial charge >= 0.3 is 6.18 Å². The van der Waals surface area contributed by atoms with E-state index < -0.39 is 12.1 Å². The van der Waals surface area contributed by atoms with Gasteiger partial charge in [0.2, 0.25) is 0 Å². The number of carbonyl (C=O) groups excluding carboxylic acids is 1. The van der Waals surface area contributed by atoms with Crippen molar-refractivity contribution >= 4 is 34.5 Å². The van der Waals surface area contributed by atoms with Crippen LogP contribution in [-0.4, -0.2) is 30.1 Å². The van der Waals surface area contributed by atoms with E-state index in [0.717, 1.165) is 0 Å². The van der Waals surface area contributed by atoms with Crippen LogP contribution in [0.5, 0.6) is 0 Å². The number of benzene rings is 1. The van der Waals surface area contributed by atoms with E-state index in [1.807, 2.05) is 0 Å². The van der Waals surface area contributed by atoms with Gasteiger partial charge in [-0.2, -0.15) is 13.2 Å². The molecule has 0 radical (unpaired) electrons. The Hall–Kier alpha value is -0.690. The molecule has 1 aromatic rings. The first-order chi connectivity index (χ1) is 9.29. The fourth-order valence-electron chi connectivity index (χ4n) is 2.26. The highest BCUT2D eigenvalue weighted by molar-refractivity contribution is 9.10. The minimum absolute atomic E-state index is 0.0343. The fourth-order valence-corrected chi connectivity index (χ4v) is 2.88. The second kappa shape index (κ2) is 5.97. The Morgan fingerprint density at radius 3 is 2.45 bits per heavy atom. The van der Waals surface area contributed by atoms with Crippen LogP contribution in [0.15, 0.2) is 27.6 Å². The van der Waals surface area contributed by atoms with Crippen molar-refractivity contribution in [1.82, 2.24) is 4.90 Å². The van der Waals surface area contributed by atoms with E-state index in [1.165, 1.54) is 4.90 Å². The predicted octanol–water partition coefficient (Wildman–Crippen LogP) is 4.15. The molecule has 0 saturated carbocycles. The Bertz CT molecular complexity index is 513. The molecule has 0 aromatic heterocycles. The maximum atomic E-state index is 12.6. The summed E-state index contributed by atoms with van der Waals surface area (Å²) in [5, 5.41) is 0. The van der Waals surface area contributed by atoms with E-state index in [2.05, 4.69) is 28.6 Å². The minimum Gasteiger partial charge on any atom is -0.339 e. The lowest BCUT2D eigenvalue weighted by Crippen LogP contribution is -2.42. The quantitative estimate of drug-likeness (QED) is 0.739. The topological polar surface area (TPSA) is 20.3 Å². The molecular weight excluding hydrogens is 355 g/mol.